The number of nitrogens with one attached hydrogen (secondary N) is 1. The highest BCUT2D eigenvalue weighted by atomic mass is 32.2. The number of likely N-dealkylation sites (N-methyl/N-ethyl adjacent to an activating group) is 1. The lowest BCUT2D eigenvalue weighted by atomic mass is 10.1. The monoisotopic (exact) mass is 475 g/mol. The van der Waals surface area contributed by atoms with Gasteiger partial charge >= 0.3 is 0 Å². The Hall–Kier alpha value is -3.27. The summed E-state index contributed by atoms with van der Waals surface area (Å²) in [7, 11) is -2.31. The van der Waals surface area contributed by atoms with Gasteiger partial charge in [0.15, 0.2) is 11.5 Å². The number of hydrogen-bond donors (Lipinski definition) is 1. The van der Waals surface area contributed by atoms with Gasteiger partial charge in [-0.05, 0) is 44.0 Å². The third-order valence-electron chi connectivity index (χ3n) is 5.64. The second-order valence-electron chi connectivity index (χ2n) is 7.68. The lowest BCUT2D eigenvalue weighted by molar-refractivity contribution is -0.139. The summed E-state index contributed by atoms with van der Waals surface area (Å²) in [6.45, 7) is 4.81. The molecule has 1 aliphatic heterocycles. The third kappa shape index (κ3) is 5.39. The van der Waals surface area contributed by atoms with Crippen LogP contribution in [0.15, 0.2) is 42.5 Å². The number of anilines is 1. The first-order chi connectivity index (χ1) is 15.7. The van der Waals surface area contributed by atoms with Crippen molar-refractivity contribution in [2.75, 3.05) is 30.4 Å². The molecule has 2 aromatic carbocycles. The van der Waals surface area contributed by atoms with E-state index < -0.39 is 28.5 Å². The van der Waals surface area contributed by atoms with E-state index in [2.05, 4.69) is 5.32 Å². The first-order valence-corrected chi connectivity index (χ1v) is 12.2. The van der Waals surface area contributed by atoms with E-state index in [0.717, 1.165) is 15.4 Å². The van der Waals surface area contributed by atoms with Gasteiger partial charge in [0.1, 0.15) is 12.6 Å². The molecular formula is C23H29N3O6S. The molecule has 1 unspecified atom stereocenters. The summed E-state index contributed by atoms with van der Waals surface area (Å²) in [4.78, 5) is 27.3. The second-order valence-corrected chi connectivity index (χ2v) is 9.87. The maximum absolute atomic E-state index is 13.5. The van der Waals surface area contributed by atoms with Gasteiger partial charge in [-0.3, -0.25) is 13.9 Å². The van der Waals surface area contributed by atoms with E-state index in [1.54, 1.807) is 19.1 Å². The molecule has 10 heteroatoms. The second kappa shape index (κ2) is 10.1. The third-order valence-corrected chi connectivity index (χ3v) is 7.38. The van der Waals surface area contributed by atoms with Crippen LogP contribution in [-0.2, 0) is 26.2 Å². The molecule has 178 valence electrons. The molecule has 2 aromatic rings. The summed E-state index contributed by atoms with van der Waals surface area (Å²) in [5, 5.41) is 2.56. The van der Waals surface area contributed by atoms with Gasteiger partial charge < -0.3 is 19.7 Å². The molecule has 1 aliphatic rings. The predicted molar refractivity (Wildman–Crippen MR) is 125 cm³/mol. The Morgan fingerprint density at radius 2 is 1.82 bits per heavy atom. The highest BCUT2D eigenvalue weighted by Gasteiger charge is 2.31. The van der Waals surface area contributed by atoms with Gasteiger partial charge in [0.25, 0.3) is 0 Å². The van der Waals surface area contributed by atoms with Gasteiger partial charge in [0.2, 0.25) is 28.6 Å². The van der Waals surface area contributed by atoms with Crippen LogP contribution in [0.3, 0.4) is 0 Å². The fraction of sp³-hybridized carbons (Fsp3) is 0.391. The van der Waals surface area contributed by atoms with Gasteiger partial charge in [-0.25, -0.2) is 8.42 Å². The van der Waals surface area contributed by atoms with Crippen LogP contribution >= 0.6 is 0 Å². The molecule has 9 nitrogen and oxygen atoms in total. The lowest BCUT2D eigenvalue weighted by Crippen LogP contribution is -2.51. The molecule has 1 N–H and O–H groups in total. The van der Waals surface area contributed by atoms with Crippen LogP contribution in [0.2, 0.25) is 0 Å². The van der Waals surface area contributed by atoms with E-state index in [0.29, 0.717) is 11.5 Å². The van der Waals surface area contributed by atoms with E-state index in [4.69, 9.17) is 9.47 Å². The zero-order valence-corrected chi connectivity index (χ0v) is 20.0. The fourth-order valence-corrected chi connectivity index (χ4v) is 4.58. The molecule has 0 bridgehead atoms. The minimum atomic E-state index is -3.80. The molecule has 3 rings (SSSR count). The summed E-state index contributed by atoms with van der Waals surface area (Å²) in [5.74, 6) is -0.119. The number of sulfonamides is 1. The van der Waals surface area contributed by atoms with Crippen molar-refractivity contribution < 1.29 is 27.5 Å². The normalized spacial score (nSPS) is 13.3. The summed E-state index contributed by atoms with van der Waals surface area (Å²) in [5.41, 5.74) is 2.13. The Labute approximate surface area is 194 Å². The molecule has 1 heterocycles. The van der Waals surface area contributed by atoms with Gasteiger partial charge in [-0.1, -0.05) is 24.3 Å². The molecule has 0 aliphatic carbocycles. The number of carbonyl (C=O) groups is 2. The average Bonchev–Trinajstić information content (AvgIpc) is 3.28. The highest BCUT2D eigenvalue weighted by molar-refractivity contribution is 7.92. The van der Waals surface area contributed by atoms with Crippen LogP contribution in [-0.4, -0.2) is 57.3 Å². The fourth-order valence-electron chi connectivity index (χ4n) is 3.52. The Morgan fingerprint density at radius 1 is 1.12 bits per heavy atom. The molecule has 2 amide bonds. The van der Waals surface area contributed by atoms with Crippen molar-refractivity contribution in [2.45, 2.75) is 33.4 Å². The minimum Gasteiger partial charge on any atom is -0.454 e. The quantitative estimate of drug-likeness (QED) is 0.595. The predicted octanol–water partition coefficient (Wildman–Crippen LogP) is 2.04. The number of aryl methyl sites for hydroxylation is 1. The first-order valence-electron chi connectivity index (χ1n) is 10.6. The van der Waals surface area contributed by atoms with Gasteiger partial charge in [-0.2, -0.15) is 0 Å². The SMILES string of the molecule is CCS(=O)(=O)N(CC(=O)N(Cc1ccccc1C)C(C)C(=O)NC)c1ccc2c(c1)OCO2. The van der Waals surface area contributed by atoms with E-state index in [9.17, 15) is 18.0 Å². The molecule has 0 fully saturated rings. The van der Waals surface area contributed by atoms with Crippen molar-refractivity contribution in [3.63, 3.8) is 0 Å². The van der Waals surface area contributed by atoms with Gasteiger partial charge in [0, 0.05) is 19.7 Å². The van der Waals surface area contributed by atoms with Crippen LogP contribution < -0.4 is 19.1 Å². The smallest absolute Gasteiger partial charge is 0.244 e. The van der Waals surface area contributed by atoms with Gasteiger partial charge in [-0.15, -0.1) is 0 Å². The zero-order chi connectivity index (χ0) is 24.2. The van der Waals surface area contributed by atoms with Crippen LogP contribution in [0.5, 0.6) is 11.5 Å². The van der Waals surface area contributed by atoms with E-state index in [1.807, 2.05) is 31.2 Å². The number of nitrogens with zero attached hydrogens (tertiary/aromatic N) is 2. The zero-order valence-electron chi connectivity index (χ0n) is 19.2. The Morgan fingerprint density at radius 3 is 2.48 bits per heavy atom. The first kappa shape index (κ1) is 24.4. The highest BCUT2D eigenvalue weighted by Crippen LogP contribution is 2.36. The summed E-state index contributed by atoms with van der Waals surface area (Å²) in [6, 6.07) is 11.5. The van der Waals surface area contributed by atoms with Crippen molar-refractivity contribution in [3.8, 4) is 11.5 Å². The summed E-state index contributed by atoms with van der Waals surface area (Å²) >= 11 is 0. The van der Waals surface area contributed by atoms with Crippen molar-refractivity contribution in [1.29, 1.82) is 0 Å². The largest absolute Gasteiger partial charge is 0.454 e. The molecular weight excluding hydrogens is 446 g/mol. The maximum atomic E-state index is 13.5. The van der Waals surface area contributed by atoms with Crippen LogP contribution in [0.4, 0.5) is 5.69 Å². The molecule has 0 radical (unpaired) electrons. The van der Waals surface area contributed by atoms with E-state index in [-0.39, 0.29) is 30.7 Å². The Balaban J connectivity index is 1.95. The van der Waals surface area contributed by atoms with Gasteiger partial charge in [0.05, 0.1) is 11.4 Å². The van der Waals surface area contributed by atoms with Crippen molar-refractivity contribution in [2.24, 2.45) is 0 Å². The number of ether oxygens (including phenoxy) is 2. The van der Waals surface area contributed by atoms with Crippen LogP contribution in [0, 0.1) is 6.92 Å². The lowest BCUT2D eigenvalue weighted by Gasteiger charge is -2.32. The molecule has 0 spiro atoms. The summed E-state index contributed by atoms with van der Waals surface area (Å²) in [6.07, 6.45) is 0. The molecule has 33 heavy (non-hydrogen) atoms. The van der Waals surface area contributed by atoms with Crippen LogP contribution in [0.25, 0.3) is 0 Å². The Bertz CT molecular complexity index is 1130. The molecule has 1 atom stereocenters. The van der Waals surface area contributed by atoms with Crippen LogP contribution in [0.1, 0.15) is 25.0 Å². The molecule has 0 saturated carbocycles. The average molecular weight is 476 g/mol. The number of carbonyl (C=O) groups excluding carboxylic acids is 2. The van der Waals surface area contributed by atoms with E-state index in [1.165, 1.54) is 24.9 Å². The number of amides is 2. The Kier molecular flexibility index (Phi) is 7.47. The molecule has 0 aromatic heterocycles. The standard InChI is InChI=1S/C23H29N3O6S/c1-5-33(29,30)26(19-10-11-20-21(12-19)32-15-31-20)14-22(27)25(17(3)23(28)24-4)13-18-9-7-6-8-16(18)2/h6-12,17H,5,13-15H2,1-4H3,(H,24,28). The minimum absolute atomic E-state index is 0.0477. The van der Waals surface area contributed by atoms with Crippen molar-refractivity contribution >= 4 is 27.5 Å². The number of fused-ring (bicyclic) bond motifs is 1. The van der Waals surface area contributed by atoms with E-state index >= 15 is 0 Å². The number of rotatable bonds is 9. The topological polar surface area (TPSA) is 105 Å². The number of benzene rings is 2. The van der Waals surface area contributed by atoms with Crippen molar-refractivity contribution in [1.82, 2.24) is 10.2 Å². The van der Waals surface area contributed by atoms with Crippen molar-refractivity contribution in [3.05, 3.63) is 53.6 Å². The maximum Gasteiger partial charge on any atom is 0.244 e. The molecule has 0 saturated heterocycles. The summed E-state index contributed by atoms with van der Waals surface area (Å²) < 4.78 is 37.6. The number of hydrogen-bond acceptors (Lipinski definition) is 6.